The second-order valence-corrected chi connectivity index (χ2v) is 5.89. The minimum atomic E-state index is 0.0113. The highest BCUT2D eigenvalue weighted by Gasteiger charge is 2.14. The maximum absolute atomic E-state index is 5.91. The largest absolute Gasteiger partial charge is 0.493 e. The molecule has 3 aromatic rings. The number of aromatic nitrogens is 3. The fourth-order valence-corrected chi connectivity index (χ4v) is 2.54. The normalized spacial score (nSPS) is 12.0. The molecule has 1 unspecified atom stereocenters. The van der Waals surface area contributed by atoms with Crippen molar-refractivity contribution < 1.29 is 14.2 Å². The Bertz CT molecular complexity index is 930. The van der Waals surface area contributed by atoms with Crippen LogP contribution in [-0.4, -0.2) is 35.3 Å². The fourth-order valence-electron chi connectivity index (χ4n) is 2.54. The van der Waals surface area contributed by atoms with Crippen molar-refractivity contribution >= 4 is 17.0 Å². The van der Waals surface area contributed by atoms with Gasteiger partial charge in [-0.2, -0.15) is 9.97 Å². The maximum atomic E-state index is 5.91. The number of hydrogen-bond acceptors (Lipinski definition) is 7. The van der Waals surface area contributed by atoms with Crippen molar-refractivity contribution in [3.05, 3.63) is 30.5 Å². The van der Waals surface area contributed by atoms with Crippen molar-refractivity contribution in [1.82, 2.24) is 15.0 Å². The summed E-state index contributed by atoms with van der Waals surface area (Å²) in [5.41, 5.74) is 8.11. The minimum absolute atomic E-state index is 0.0113. The minimum Gasteiger partial charge on any atom is -0.493 e. The van der Waals surface area contributed by atoms with E-state index in [-0.39, 0.29) is 12.1 Å². The summed E-state index contributed by atoms with van der Waals surface area (Å²) in [5, 5.41) is 0.715. The van der Waals surface area contributed by atoms with Crippen LogP contribution in [0.1, 0.15) is 20.3 Å². The Balaban J connectivity index is 2.11. The molecule has 0 amide bonds. The van der Waals surface area contributed by atoms with Gasteiger partial charge in [0.1, 0.15) is 0 Å². The molecule has 0 saturated carbocycles. The van der Waals surface area contributed by atoms with Crippen molar-refractivity contribution in [3.8, 4) is 28.5 Å². The third-order valence-electron chi connectivity index (χ3n) is 4.14. The van der Waals surface area contributed by atoms with Gasteiger partial charge in [-0.15, -0.1) is 0 Å². The number of nitrogen functional groups attached to an aromatic ring is 1. The predicted molar refractivity (Wildman–Crippen MR) is 101 cm³/mol. The zero-order chi connectivity index (χ0) is 18.7. The zero-order valence-corrected chi connectivity index (χ0v) is 15.3. The summed E-state index contributed by atoms with van der Waals surface area (Å²) >= 11 is 0. The van der Waals surface area contributed by atoms with Gasteiger partial charge in [-0.05, 0) is 37.1 Å². The van der Waals surface area contributed by atoms with Crippen LogP contribution in [0, 0.1) is 0 Å². The molecule has 0 fully saturated rings. The van der Waals surface area contributed by atoms with E-state index in [4.69, 9.17) is 19.9 Å². The summed E-state index contributed by atoms with van der Waals surface area (Å²) in [6, 6.07) is 7.64. The van der Waals surface area contributed by atoms with Crippen LogP contribution < -0.4 is 19.9 Å². The summed E-state index contributed by atoms with van der Waals surface area (Å²) in [5.74, 6) is 1.90. The van der Waals surface area contributed by atoms with Gasteiger partial charge >= 0.3 is 0 Å². The molecule has 3 rings (SSSR count). The van der Waals surface area contributed by atoms with Crippen molar-refractivity contribution in [2.75, 3.05) is 20.0 Å². The highest BCUT2D eigenvalue weighted by molar-refractivity contribution is 5.86. The molecule has 7 heteroatoms. The molecule has 0 aliphatic rings. The highest BCUT2D eigenvalue weighted by atomic mass is 16.5. The fraction of sp³-hybridized carbons (Fsp3) is 0.316. The number of ether oxygens (including phenoxy) is 3. The molecule has 136 valence electrons. The van der Waals surface area contributed by atoms with Gasteiger partial charge in [0.05, 0.1) is 25.7 Å². The number of nitrogens with zero attached hydrogens (tertiary/aromatic N) is 3. The lowest BCUT2D eigenvalue weighted by atomic mass is 10.1. The van der Waals surface area contributed by atoms with Crippen LogP contribution in [0.3, 0.4) is 0 Å². The van der Waals surface area contributed by atoms with E-state index < -0.39 is 0 Å². The molecule has 2 heterocycles. The van der Waals surface area contributed by atoms with Gasteiger partial charge in [0.25, 0.3) is 0 Å². The first-order chi connectivity index (χ1) is 12.5. The molecule has 0 bridgehead atoms. The van der Waals surface area contributed by atoms with E-state index in [2.05, 4.69) is 15.0 Å². The van der Waals surface area contributed by atoms with Gasteiger partial charge in [0, 0.05) is 11.8 Å². The third-order valence-corrected chi connectivity index (χ3v) is 4.14. The Morgan fingerprint density at radius 1 is 1.04 bits per heavy atom. The van der Waals surface area contributed by atoms with E-state index in [1.54, 1.807) is 20.4 Å². The SMILES string of the molecule is CCC(C)Oc1nc(N)nc2ncc(-c3ccc(OC)c(OC)c3)cc12. The predicted octanol–water partition coefficient (Wildman–Crippen LogP) is 3.47. The van der Waals surface area contributed by atoms with E-state index in [1.165, 1.54) is 0 Å². The van der Waals surface area contributed by atoms with Gasteiger partial charge in [0.2, 0.25) is 11.8 Å². The summed E-state index contributed by atoms with van der Waals surface area (Å²) in [6.07, 6.45) is 2.61. The summed E-state index contributed by atoms with van der Waals surface area (Å²) in [7, 11) is 3.21. The summed E-state index contributed by atoms with van der Waals surface area (Å²) in [4.78, 5) is 12.9. The number of pyridine rings is 1. The van der Waals surface area contributed by atoms with Crippen LogP contribution in [0.2, 0.25) is 0 Å². The Hall–Kier alpha value is -3.09. The van der Waals surface area contributed by atoms with E-state index in [0.717, 1.165) is 17.5 Å². The van der Waals surface area contributed by atoms with Crippen LogP contribution >= 0.6 is 0 Å². The first-order valence-electron chi connectivity index (χ1n) is 8.38. The van der Waals surface area contributed by atoms with Crippen LogP contribution in [0.5, 0.6) is 17.4 Å². The third kappa shape index (κ3) is 3.46. The Labute approximate surface area is 152 Å². The Morgan fingerprint density at radius 2 is 1.81 bits per heavy atom. The quantitative estimate of drug-likeness (QED) is 0.724. The maximum Gasteiger partial charge on any atom is 0.228 e. The molecule has 0 saturated heterocycles. The van der Waals surface area contributed by atoms with E-state index in [1.807, 2.05) is 38.1 Å². The number of methoxy groups -OCH3 is 2. The van der Waals surface area contributed by atoms with Gasteiger partial charge < -0.3 is 19.9 Å². The van der Waals surface area contributed by atoms with Gasteiger partial charge in [-0.3, -0.25) is 0 Å². The number of hydrogen-bond donors (Lipinski definition) is 1. The molecule has 0 aliphatic carbocycles. The van der Waals surface area contributed by atoms with Crippen molar-refractivity contribution in [2.45, 2.75) is 26.4 Å². The molecule has 2 aromatic heterocycles. The van der Waals surface area contributed by atoms with Gasteiger partial charge in [0.15, 0.2) is 17.1 Å². The molecule has 2 N–H and O–H groups in total. The molecule has 26 heavy (non-hydrogen) atoms. The second kappa shape index (κ2) is 7.43. The van der Waals surface area contributed by atoms with Crippen LogP contribution in [0.25, 0.3) is 22.2 Å². The molecular weight excluding hydrogens is 332 g/mol. The number of nitrogens with two attached hydrogens (primary N) is 1. The number of anilines is 1. The topological polar surface area (TPSA) is 92.4 Å². The molecule has 1 atom stereocenters. The number of fused-ring (bicyclic) bond motifs is 1. The molecule has 7 nitrogen and oxygen atoms in total. The summed E-state index contributed by atoms with van der Waals surface area (Å²) in [6.45, 7) is 4.03. The van der Waals surface area contributed by atoms with Crippen LogP contribution in [-0.2, 0) is 0 Å². The van der Waals surface area contributed by atoms with Crippen molar-refractivity contribution in [1.29, 1.82) is 0 Å². The van der Waals surface area contributed by atoms with Gasteiger partial charge in [-0.1, -0.05) is 13.0 Å². The molecule has 0 radical (unpaired) electrons. The second-order valence-electron chi connectivity index (χ2n) is 5.89. The Morgan fingerprint density at radius 3 is 2.50 bits per heavy atom. The molecule has 0 spiro atoms. The lowest BCUT2D eigenvalue weighted by molar-refractivity contribution is 0.212. The lowest BCUT2D eigenvalue weighted by Crippen LogP contribution is -2.12. The average Bonchev–Trinajstić information content (AvgIpc) is 2.66. The smallest absolute Gasteiger partial charge is 0.228 e. The first kappa shape index (κ1) is 17.7. The molecule has 0 aliphatic heterocycles. The Kier molecular flexibility index (Phi) is 5.06. The van der Waals surface area contributed by atoms with E-state index in [0.29, 0.717) is 28.4 Å². The van der Waals surface area contributed by atoms with Crippen molar-refractivity contribution in [3.63, 3.8) is 0 Å². The molecule has 1 aromatic carbocycles. The van der Waals surface area contributed by atoms with Gasteiger partial charge in [-0.25, -0.2) is 4.98 Å². The van der Waals surface area contributed by atoms with Crippen LogP contribution in [0.4, 0.5) is 5.95 Å². The lowest BCUT2D eigenvalue weighted by Gasteiger charge is -2.14. The van der Waals surface area contributed by atoms with Crippen molar-refractivity contribution in [2.24, 2.45) is 0 Å². The number of benzene rings is 1. The zero-order valence-electron chi connectivity index (χ0n) is 15.3. The molecular formula is C19H22N4O3. The standard InChI is InChI=1S/C19H22N4O3/c1-5-11(2)26-18-14-8-13(10-21-17(14)22-19(20)23-18)12-6-7-15(24-3)16(9-12)25-4/h6-11H,5H2,1-4H3,(H2,20,21,22,23). The highest BCUT2D eigenvalue weighted by Crippen LogP contribution is 2.34. The monoisotopic (exact) mass is 354 g/mol. The average molecular weight is 354 g/mol. The van der Waals surface area contributed by atoms with E-state index >= 15 is 0 Å². The number of rotatable bonds is 6. The first-order valence-corrected chi connectivity index (χ1v) is 8.38. The van der Waals surface area contributed by atoms with Crippen LogP contribution in [0.15, 0.2) is 30.5 Å². The van der Waals surface area contributed by atoms with E-state index in [9.17, 15) is 0 Å². The summed E-state index contributed by atoms with van der Waals surface area (Å²) < 4.78 is 16.6.